The average Bonchev–Trinajstić information content (AvgIpc) is 2.74. The zero-order chi connectivity index (χ0) is 23.3. The molecule has 3 aromatic rings. The van der Waals surface area contributed by atoms with Gasteiger partial charge in [0.25, 0.3) is 0 Å². The number of benzene rings is 3. The third kappa shape index (κ3) is 5.85. The van der Waals surface area contributed by atoms with Crippen molar-refractivity contribution in [1.29, 1.82) is 0 Å². The van der Waals surface area contributed by atoms with Gasteiger partial charge in [-0.15, -0.1) is 0 Å². The summed E-state index contributed by atoms with van der Waals surface area (Å²) in [6, 6.07) is 14.0. The number of nitro benzene ring substituents is 1. The topological polar surface area (TPSA) is 74.0 Å². The highest BCUT2D eigenvalue weighted by Gasteiger charge is 2.33. The molecule has 0 radical (unpaired) electrons. The molecule has 0 atom stereocenters. The van der Waals surface area contributed by atoms with E-state index in [1.807, 2.05) is 6.92 Å². The molecule has 0 aromatic heterocycles. The van der Waals surface area contributed by atoms with Crippen LogP contribution < -0.4 is 9.47 Å². The van der Waals surface area contributed by atoms with Crippen molar-refractivity contribution in [3.8, 4) is 17.2 Å². The highest BCUT2D eigenvalue weighted by molar-refractivity contribution is 9.10. The summed E-state index contributed by atoms with van der Waals surface area (Å²) in [5.74, 6) is 0.569. The Labute approximate surface area is 189 Å². The minimum absolute atomic E-state index is 0.186. The lowest BCUT2D eigenvalue weighted by Crippen LogP contribution is -2.06. The van der Waals surface area contributed by atoms with Gasteiger partial charge in [0.2, 0.25) is 5.75 Å². The molecular weight excluding hydrogens is 493 g/mol. The summed E-state index contributed by atoms with van der Waals surface area (Å²) in [7, 11) is 0. The van der Waals surface area contributed by atoms with E-state index >= 15 is 0 Å². The van der Waals surface area contributed by atoms with Gasteiger partial charge in [-0.1, -0.05) is 15.9 Å². The van der Waals surface area contributed by atoms with Crippen LogP contribution in [0.5, 0.6) is 17.2 Å². The van der Waals surface area contributed by atoms with Crippen molar-refractivity contribution in [2.45, 2.75) is 13.1 Å². The first-order valence-corrected chi connectivity index (χ1v) is 10.1. The van der Waals surface area contributed by atoms with Gasteiger partial charge in [-0.25, -0.2) is 0 Å². The number of hydrogen-bond acceptors (Lipinski definition) is 5. The summed E-state index contributed by atoms with van der Waals surface area (Å²) in [5, 5.41) is 11.3. The van der Waals surface area contributed by atoms with E-state index < -0.39 is 22.4 Å². The molecule has 0 N–H and O–H groups in total. The molecule has 32 heavy (non-hydrogen) atoms. The molecule has 6 nitrogen and oxygen atoms in total. The fraction of sp³-hybridized carbons (Fsp3) is 0.136. The lowest BCUT2D eigenvalue weighted by atomic mass is 10.1. The summed E-state index contributed by atoms with van der Waals surface area (Å²) in [6.45, 7) is 2.42. The average molecular weight is 509 g/mol. The van der Waals surface area contributed by atoms with E-state index in [-0.39, 0.29) is 11.5 Å². The Balaban J connectivity index is 1.92. The smallest absolute Gasteiger partial charge is 0.416 e. The quantitative estimate of drug-likeness (QED) is 0.190. The number of halogens is 4. The molecule has 3 rings (SSSR count). The van der Waals surface area contributed by atoms with Gasteiger partial charge in [0.05, 0.1) is 22.8 Å². The highest BCUT2D eigenvalue weighted by atomic mass is 79.9. The van der Waals surface area contributed by atoms with Crippen LogP contribution in [0.2, 0.25) is 0 Å². The number of rotatable bonds is 7. The molecule has 0 heterocycles. The van der Waals surface area contributed by atoms with Crippen molar-refractivity contribution < 1.29 is 27.6 Å². The molecule has 0 aliphatic carbocycles. The predicted molar refractivity (Wildman–Crippen MR) is 117 cm³/mol. The largest absolute Gasteiger partial charge is 0.494 e. The van der Waals surface area contributed by atoms with Crippen LogP contribution in [0.4, 0.5) is 24.5 Å². The van der Waals surface area contributed by atoms with Gasteiger partial charge in [-0.3, -0.25) is 15.1 Å². The second kappa shape index (κ2) is 9.82. The molecule has 0 spiro atoms. The van der Waals surface area contributed by atoms with Crippen LogP contribution in [-0.4, -0.2) is 17.7 Å². The normalized spacial score (nSPS) is 11.5. The summed E-state index contributed by atoms with van der Waals surface area (Å²) < 4.78 is 50.5. The summed E-state index contributed by atoms with van der Waals surface area (Å²) in [4.78, 5) is 14.8. The second-order valence-corrected chi connectivity index (χ2v) is 7.32. The van der Waals surface area contributed by atoms with E-state index in [1.54, 1.807) is 36.4 Å². The fourth-order valence-electron chi connectivity index (χ4n) is 2.69. The van der Waals surface area contributed by atoms with Crippen LogP contribution in [0.3, 0.4) is 0 Å². The van der Waals surface area contributed by atoms with E-state index in [9.17, 15) is 23.3 Å². The van der Waals surface area contributed by atoms with Crippen molar-refractivity contribution in [1.82, 2.24) is 0 Å². The highest BCUT2D eigenvalue weighted by Crippen LogP contribution is 2.38. The van der Waals surface area contributed by atoms with Crippen molar-refractivity contribution in [2.75, 3.05) is 6.61 Å². The Morgan fingerprint density at radius 1 is 1.06 bits per heavy atom. The number of nitrogens with zero attached hydrogens (tertiary/aromatic N) is 2. The summed E-state index contributed by atoms with van der Waals surface area (Å²) >= 11 is 3.34. The van der Waals surface area contributed by atoms with Gasteiger partial charge in [-0.2, -0.15) is 13.2 Å². The molecule has 0 aliphatic heterocycles. The zero-order valence-electron chi connectivity index (χ0n) is 16.6. The Kier molecular flexibility index (Phi) is 7.14. The maximum absolute atomic E-state index is 12.9. The van der Waals surface area contributed by atoms with Gasteiger partial charge in [-0.05, 0) is 61.5 Å². The van der Waals surface area contributed by atoms with Crippen molar-refractivity contribution in [3.05, 3.63) is 86.4 Å². The van der Waals surface area contributed by atoms with Crippen LogP contribution in [0.25, 0.3) is 0 Å². The van der Waals surface area contributed by atoms with Crippen LogP contribution in [0.15, 0.2) is 70.1 Å². The van der Waals surface area contributed by atoms with Crippen molar-refractivity contribution in [2.24, 2.45) is 4.99 Å². The van der Waals surface area contributed by atoms with Gasteiger partial charge >= 0.3 is 11.9 Å². The number of aliphatic imine (C=N–C) groups is 1. The Morgan fingerprint density at radius 3 is 2.38 bits per heavy atom. The van der Waals surface area contributed by atoms with E-state index in [4.69, 9.17) is 9.47 Å². The lowest BCUT2D eigenvalue weighted by molar-refractivity contribution is -0.385. The Bertz CT molecular complexity index is 1150. The zero-order valence-corrected chi connectivity index (χ0v) is 18.2. The van der Waals surface area contributed by atoms with Crippen LogP contribution in [-0.2, 0) is 6.18 Å². The molecule has 166 valence electrons. The monoisotopic (exact) mass is 508 g/mol. The molecular formula is C22H16BrF3N2O4. The maximum atomic E-state index is 12.9. The minimum atomic E-state index is -4.71. The third-order valence-corrected chi connectivity index (χ3v) is 4.67. The maximum Gasteiger partial charge on any atom is 0.416 e. The van der Waals surface area contributed by atoms with Gasteiger partial charge < -0.3 is 9.47 Å². The first-order valence-electron chi connectivity index (χ1n) is 9.27. The van der Waals surface area contributed by atoms with Crippen molar-refractivity contribution >= 4 is 33.5 Å². The predicted octanol–water partition coefficient (Wildman–Crippen LogP) is 7.32. The number of hydrogen-bond donors (Lipinski definition) is 0. The molecule has 0 bridgehead atoms. The molecule has 0 aliphatic rings. The summed E-state index contributed by atoms with van der Waals surface area (Å²) in [6.07, 6.45) is -3.22. The van der Waals surface area contributed by atoms with E-state index in [0.29, 0.717) is 34.1 Å². The van der Waals surface area contributed by atoms with Gasteiger partial charge in [0, 0.05) is 22.3 Å². The van der Waals surface area contributed by atoms with E-state index in [1.165, 1.54) is 12.3 Å². The molecule has 3 aromatic carbocycles. The molecule has 0 saturated carbocycles. The van der Waals surface area contributed by atoms with E-state index in [2.05, 4.69) is 20.9 Å². The number of ether oxygens (including phenoxy) is 2. The molecule has 0 saturated heterocycles. The molecule has 10 heteroatoms. The third-order valence-electron chi connectivity index (χ3n) is 4.18. The number of nitro groups is 1. The Hall–Kier alpha value is -3.40. The Morgan fingerprint density at radius 2 is 1.75 bits per heavy atom. The van der Waals surface area contributed by atoms with Crippen molar-refractivity contribution in [3.63, 3.8) is 0 Å². The lowest BCUT2D eigenvalue weighted by Gasteiger charge is -2.12. The second-order valence-electron chi connectivity index (χ2n) is 6.41. The van der Waals surface area contributed by atoms with Crippen LogP contribution in [0.1, 0.15) is 18.1 Å². The van der Waals surface area contributed by atoms with Crippen LogP contribution in [0, 0.1) is 10.1 Å². The standard InChI is InChI=1S/C22H16BrF3N2O4/c1-2-31-18-7-5-17(6-8-18)27-13-14-11-16(23)4-10-20(14)32-21-9-3-15(22(24,25)26)12-19(21)28(29)30/h3-13H,2H2,1H3. The van der Waals surface area contributed by atoms with Gasteiger partial charge in [0.15, 0.2) is 0 Å². The molecule has 0 fully saturated rings. The first-order chi connectivity index (χ1) is 15.2. The van der Waals surface area contributed by atoms with Crippen LogP contribution >= 0.6 is 15.9 Å². The molecule has 0 unspecified atom stereocenters. The van der Waals surface area contributed by atoms with E-state index in [0.717, 1.165) is 12.1 Å². The SMILES string of the molecule is CCOc1ccc(N=Cc2cc(Br)ccc2Oc2ccc(C(F)(F)F)cc2[N+](=O)[O-])cc1. The summed E-state index contributed by atoms with van der Waals surface area (Å²) in [5.41, 5.74) is -0.843. The number of alkyl halides is 3. The minimum Gasteiger partial charge on any atom is -0.494 e. The van der Waals surface area contributed by atoms with Gasteiger partial charge in [0.1, 0.15) is 11.5 Å². The fourth-order valence-corrected chi connectivity index (χ4v) is 3.07. The molecule has 0 amide bonds. The first kappa shape index (κ1) is 23.3.